The van der Waals surface area contributed by atoms with E-state index >= 15 is 0 Å². The molecule has 0 saturated carbocycles. The molecule has 17 nitrogen and oxygen atoms in total. The number of esters is 4. The smallest absolute Gasteiger partial charge is 0.462 e. The Kier molecular flexibility index (Phi) is 82.6. The van der Waals surface area contributed by atoms with Gasteiger partial charge in [-0.3, -0.25) is 37.3 Å². The molecule has 0 rings (SSSR count). The van der Waals surface area contributed by atoms with Crippen molar-refractivity contribution < 1.29 is 80.2 Å². The van der Waals surface area contributed by atoms with Gasteiger partial charge in [-0.05, 0) is 37.5 Å². The van der Waals surface area contributed by atoms with Gasteiger partial charge in [0.1, 0.15) is 19.3 Å². The number of carbonyl (C=O) groups excluding carboxylic acids is 4. The molecule has 0 heterocycles. The summed E-state index contributed by atoms with van der Waals surface area (Å²) in [5.41, 5.74) is 0. The zero-order valence-electron chi connectivity index (χ0n) is 74.0. The standard InChI is InChI=1S/C93H182O17P2/c1-7-10-12-14-16-18-20-22-24-26-27-28-29-30-34-38-41-45-51-57-63-69-75-90(95)103-81-88(109-92(97)78-72-66-60-53-47-43-39-35-32-31-33-36-40-44-50-56-62-68-74-86(6)9-3)83-107-111(99,100)105-79-87(94)80-106-112(101,102)108-84-89(82-104-91(96)76-70-64-58-54-48-49-55-61-67-73-85(4)5)110-93(98)77-71-65-59-52-46-42-37-25-23-21-19-17-15-13-11-8-2/h85-89,94H,7-84H2,1-6H3,(H,99,100)(H,101,102)/t86?,87-,88-,89-/m1/s1. The number of phosphoric ester groups is 2. The molecule has 0 aromatic carbocycles. The van der Waals surface area contributed by atoms with E-state index in [9.17, 15) is 43.2 Å². The van der Waals surface area contributed by atoms with Crippen molar-refractivity contribution in [3.63, 3.8) is 0 Å². The van der Waals surface area contributed by atoms with Crippen LogP contribution in [0.25, 0.3) is 0 Å². The second-order valence-corrected chi connectivity index (χ2v) is 37.0. The molecule has 3 unspecified atom stereocenters. The minimum absolute atomic E-state index is 0.108. The lowest BCUT2D eigenvalue weighted by atomic mass is 9.99. The van der Waals surface area contributed by atoms with Crippen LogP contribution in [0.4, 0.5) is 0 Å². The van der Waals surface area contributed by atoms with Gasteiger partial charge in [-0.25, -0.2) is 9.13 Å². The Morgan fingerprint density at radius 3 is 0.679 bits per heavy atom. The first-order valence-electron chi connectivity index (χ1n) is 48.0. The zero-order chi connectivity index (χ0) is 82.0. The van der Waals surface area contributed by atoms with Crippen LogP contribution >= 0.6 is 15.6 Å². The van der Waals surface area contributed by atoms with Crippen LogP contribution in [0.15, 0.2) is 0 Å². The maximum atomic E-state index is 13.2. The van der Waals surface area contributed by atoms with Gasteiger partial charge in [0.25, 0.3) is 0 Å². The van der Waals surface area contributed by atoms with Gasteiger partial charge in [0.2, 0.25) is 0 Å². The van der Waals surface area contributed by atoms with Crippen molar-refractivity contribution in [3.8, 4) is 0 Å². The monoisotopic (exact) mass is 1630 g/mol. The molecule has 6 atom stereocenters. The molecule has 0 aliphatic heterocycles. The summed E-state index contributed by atoms with van der Waals surface area (Å²) in [6.07, 6.45) is 79.3. The van der Waals surface area contributed by atoms with Crippen molar-refractivity contribution in [2.45, 2.75) is 522 Å². The first-order valence-corrected chi connectivity index (χ1v) is 51.0. The number of aliphatic hydroxyl groups is 1. The second kappa shape index (κ2) is 84.1. The second-order valence-electron chi connectivity index (χ2n) is 34.1. The summed E-state index contributed by atoms with van der Waals surface area (Å²) in [5.74, 6) is -0.479. The van der Waals surface area contributed by atoms with Gasteiger partial charge >= 0.3 is 39.5 Å². The maximum Gasteiger partial charge on any atom is 0.472 e. The fourth-order valence-corrected chi connectivity index (χ4v) is 16.2. The SMILES string of the molecule is CCCCCCCCCCCCCCCCCCCCCCCCC(=O)OC[C@H](COP(=O)(O)OC[C@@H](O)COP(=O)(O)OC[C@@H](COC(=O)CCCCCCCCCCCC(C)C)OC(=O)CCCCCCCCCCCCCCCCCC)OC(=O)CCCCCCCCCCCCCCCCCCCCC(C)CC. The van der Waals surface area contributed by atoms with Crippen molar-refractivity contribution >= 4 is 39.5 Å². The number of hydrogen-bond acceptors (Lipinski definition) is 15. The van der Waals surface area contributed by atoms with Crippen LogP contribution in [-0.4, -0.2) is 96.7 Å². The van der Waals surface area contributed by atoms with E-state index < -0.39 is 97.5 Å². The molecule has 112 heavy (non-hydrogen) atoms. The average Bonchev–Trinajstić information content (AvgIpc) is 0.908. The molecule has 0 radical (unpaired) electrons. The summed E-state index contributed by atoms with van der Waals surface area (Å²) in [5, 5.41) is 10.7. The third-order valence-electron chi connectivity index (χ3n) is 22.3. The predicted molar refractivity (Wildman–Crippen MR) is 465 cm³/mol. The lowest BCUT2D eigenvalue weighted by Gasteiger charge is -2.21. The number of hydrogen-bond donors (Lipinski definition) is 3. The summed E-state index contributed by atoms with van der Waals surface area (Å²) in [7, 11) is -9.94. The highest BCUT2D eigenvalue weighted by Crippen LogP contribution is 2.45. The number of rotatable bonds is 92. The molecule has 0 aromatic heterocycles. The molecule has 0 spiro atoms. The lowest BCUT2D eigenvalue weighted by molar-refractivity contribution is -0.161. The summed E-state index contributed by atoms with van der Waals surface area (Å²) >= 11 is 0. The third-order valence-corrected chi connectivity index (χ3v) is 24.2. The van der Waals surface area contributed by atoms with Gasteiger partial charge in [-0.1, -0.05) is 452 Å². The quantitative estimate of drug-likeness (QED) is 0.0222. The minimum Gasteiger partial charge on any atom is -0.462 e. The fourth-order valence-electron chi connectivity index (χ4n) is 14.6. The third kappa shape index (κ3) is 84.5. The molecule has 0 aromatic rings. The van der Waals surface area contributed by atoms with Crippen LogP contribution in [0.3, 0.4) is 0 Å². The molecule has 3 N–H and O–H groups in total. The molecular formula is C93H182O17P2. The Morgan fingerprint density at radius 1 is 0.259 bits per heavy atom. The fraction of sp³-hybridized carbons (Fsp3) is 0.957. The minimum atomic E-state index is -4.97. The highest BCUT2D eigenvalue weighted by molar-refractivity contribution is 7.47. The van der Waals surface area contributed by atoms with Crippen molar-refractivity contribution in [3.05, 3.63) is 0 Å². The van der Waals surface area contributed by atoms with E-state index in [-0.39, 0.29) is 25.7 Å². The van der Waals surface area contributed by atoms with E-state index in [1.165, 1.54) is 321 Å². The Balaban J connectivity index is 5.23. The Hall–Kier alpha value is -1.94. The van der Waals surface area contributed by atoms with E-state index in [1.807, 2.05) is 0 Å². The zero-order valence-corrected chi connectivity index (χ0v) is 75.8. The van der Waals surface area contributed by atoms with Gasteiger partial charge in [0.15, 0.2) is 12.2 Å². The van der Waals surface area contributed by atoms with E-state index in [2.05, 4.69) is 41.5 Å². The van der Waals surface area contributed by atoms with Crippen molar-refractivity contribution in [2.24, 2.45) is 11.8 Å². The molecule has 0 fully saturated rings. The largest absolute Gasteiger partial charge is 0.472 e. The van der Waals surface area contributed by atoms with Gasteiger partial charge in [0.05, 0.1) is 26.4 Å². The first-order chi connectivity index (χ1) is 54.4. The van der Waals surface area contributed by atoms with Crippen LogP contribution in [0.2, 0.25) is 0 Å². The van der Waals surface area contributed by atoms with Crippen LogP contribution in [0, 0.1) is 11.8 Å². The van der Waals surface area contributed by atoms with Crippen molar-refractivity contribution in [2.75, 3.05) is 39.6 Å². The van der Waals surface area contributed by atoms with E-state index in [4.69, 9.17) is 37.0 Å². The van der Waals surface area contributed by atoms with Gasteiger partial charge < -0.3 is 33.8 Å². The van der Waals surface area contributed by atoms with E-state index in [0.717, 1.165) is 102 Å². The van der Waals surface area contributed by atoms with Crippen LogP contribution < -0.4 is 0 Å². The van der Waals surface area contributed by atoms with Gasteiger partial charge in [0, 0.05) is 25.7 Å². The molecule has 0 saturated heterocycles. The highest BCUT2D eigenvalue weighted by atomic mass is 31.2. The maximum absolute atomic E-state index is 13.2. The number of unbranched alkanes of at least 4 members (excludes halogenated alkanes) is 61. The van der Waals surface area contributed by atoms with E-state index in [0.29, 0.717) is 25.7 Å². The molecule has 0 bridgehead atoms. The summed E-state index contributed by atoms with van der Waals surface area (Å²) in [4.78, 5) is 73.5. The van der Waals surface area contributed by atoms with Crippen molar-refractivity contribution in [1.29, 1.82) is 0 Å². The summed E-state index contributed by atoms with van der Waals surface area (Å²) < 4.78 is 69.1. The number of ether oxygens (including phenoxy) is 4. The van der Waals surface area contributed by atoms with Crippen molar-refractivity contribution in [1.82, 2.24) is 0 Å². The predicted octanol–water partition coefficient (Wildman–Crippen LogP) is 29.0. The Labute approximate surface area is 689 Å². The normalized spacial score (nSPS) is 13.9. The lowest BCUT2D eigenvalue weighted by Crippen LogP contribution is -2.30. The topological polar surface area (TPSA) is 237 Å². The molecule has 0 aliphatic carbocycles. The van der Waals surface area contributed by atoms with E-state index in [1.54, 1.807) is 0 Å². The molecule has 0 aliphatic rings. The van der Waals surface area contributed by atoms with Crippen LogP contribution in [0.5, 0.6) is 0 Å². The van der Waals surface area contributed by atoms with Crippen LogP contribution in [-0.2, 0) is 65.4 Å². The Bertz CT molecular complexity index is 2130. The molecule has 0 amide bonds. The average molecular weight is 1630 g/mol. The molecule has 19 heteroatoms. The number of aliphatic hydroxyl groups excluding tert-OH is 1. The Morgan fingerprint density at radius 2 is 0.455 bits per heavy atom. The highest BCUT2D eigenvalue weighted by Gasteiger charge is 2.31. The summed E-state index contributed by atoms with van der Waals surface area (Å²) in [6, 6.07) is 0. The molecular weight excluding hydrogens is 1450 g/mol. The first kappa shape index (κ1) is 110. The molecule has 666 valence electrons. The number of carbonyl (C=O) groups is 4. The van der Waals surface area contributed by atoms with Gasteiger partial charge in [-0.2, -0.15) is 0 Å². The number of phosphoric acid groups is 2. The van der Waals surface area contributed by atoms with Gasteiger partial charge in [-0.15, -0.1) is 0 Å². The van der Waals surface area contributed by atoms with Crippen LogP contribution in [0.1, 0.15) is 504 Å². The summed E-state index contributed by atoms with van der Waals surface area (Å²) in [6.45, 7) is 9.76.